The zero-order chi connectivity index (χ0) is 16.4. The van der Waals surface area contributed by atoms with Gasteiger partial charge in [-0.25, -0.2) is 0 Å². The minimum Gasteiger partial charge on any atom is -0.301 e. The van der Waals surface area contributed by atoms with Gasteiger partial charge in [0, 0.05) is 31.1 Å². The first kappa shape index (κ1) is 19.2. The molecule has 0 amide bonds. The highest BCUT2D eigenvalue weighted by molar-refractivity contribution is 4.87. The fraction of sp³-hybridized carbons (Fsp3) is 0.842. The Morgan fingerprint density at radius 1 is 0.864 bits per heavy atom. The Balaban J connectivity index is 0.000000224. The summed E-state index contributed by atoms with van der Waals surface area (Å²) < 4.78 is 0. The van der Waals surface area contributed by atoms with Crippen molar-refractivity contribution in [2.45, 2.75) is 71.9 Å². The van der Waals surface area contributed by atoms with E-state index in [1.807, 2.05) is 0 Å². The quantitative estimate of drug-likeness (QED) is 0.721. The lowest BCUT2D eigenvalue weighted by Gasteiger charge is -2.23. The molecular weight excluding hydrogens is 270 g/mol. The Labute approximate surface area is 138 Å². The highest BCUT2D eigenvalue weighted by Gasteiger charge is 2.17. The van der Waals surface area contributed by atoms with E-state index in [1.165, 1.54) is 38.9 Å². The molecule has 22 heavy (non-hydrogen) atoms. The number of nitriles is 1. The Kier molecular flexibility index (Phi) is 9.43. The van der Waals surface area contributed by atoms with Gasteiger partial charge in [-0.05, 0) is 72.9 Å². The van der Waals surface area contributed by atoms with Crippen molar-refractivity contribution >= 4 is 0 Å². The maximum Gasteiger partial charge on any atom is 0.0656 e. The van der Waals surface area contributed by atoms with Gasteiger partial charge in [0.2, 0.25) is 0 Å². The van der Waals surface area contributed by atoms with Crippen LogP contribution >= 0.6 is 0 Å². The van der Waals surface area contributed by atoms with Crippen molar-refractivity contribution in [3.63, 3.8) is 0 Å². The highest BCUT2D eigenvalue weighted by Crippen LogP contribution is 2.17. The zero-order valence-electron chi connectivity index (χ0n) is 15.1. The largest absolute Gasteiger partial charge is 0.301 e. The molecule has 0 spiro atoms. The van der Waals surface area contributed by atoms with E-state index < -0.39 is 0 Å². The molecule has 1 unspecified atom stereocenters. The minimum atomic E-state index is 0.314. The molecule has 3 heteroatoms. The van der Waals surface area contributed by atoms with Crippen molar-refractivity contribution in [3.05, 3.63) is 12.2 Å². The zero-order valence-corrected chi connectivity index (χ0v) is 15.1. The molecule has 0 aromatic carbocycles. The van der Waals surface area contributed by atoms with Gasteiger partial charge in [-0.3, -0.25) is 0 Å². The van der Waals surface area contributed by atoms with E-state index in [4.69, 9.17) is 5.26 Å². The van der Waals surface area contributed by atoms with Crippen LogP contribution in [0.3, 0.4) is 0 Å². The number of likely N-dealkylation sites (tertiary alicyclic amines) is 1. The third-order valence-corrected chi connectivity index (χ3v) is 4.74. The molecule has 2 heterocycles. The van der Waals surface area contributed by atoms with Crippen molar-refractivity contribution < 1.29 is 0 Å². The van der Waals surface area contributed by atoms with Gasteiger partial charge in [0.15, 0.2) is 0 Å². The van der Waals surface area contributed by atoms with E-state index in [2.05, 4.69) is 55.7 Å². The molecule has 2 aliphatic rings. The van der Waals surface area contributed by atoms with E-state index in [0.29, 0.717) is 12.0 Å². The second-order valence-corrected chi connectivity index (χ2v) is 7.07. The molecule has 3 nitrogen and oxygen atoms in total. The summed E-state index contributed by atoms with van der Waals surface area (Å²) in [6.07, 6.45) is 10.4. The first-order chi connectivity index (χ1) is 10.5. The molecule has 0 N–H and O–H groups in total. The van der Waals surface area contributed by atoms with Gasteiger partial charge in [-0.2, -0.15) is 5.26 Å². The van der Waals surface area contributed by atoms with Crippen LogP contribution < -0.4 is 0 Å². The van der Waals surface area contributed by atoms with Crippen LogP contribution in [0.5, 0.6) is 0 Å². The van der Waals surface area contributed by atoms with E-state index in [0.717, 1.165) is 25.4 Å². The summed E-state index contributed by atoms with van der Waals surface area (Å²) in [7, 11) is 0. The Bertz CT molecular complexity index is 344. The summed E-state index contributed by atoms with van der Waals surface area (Å²) in [5.41, 5.74) is 0. The lowest BCUT2D eigenvalue weighted by Crippen LogP contribution is -2.31. The van der Waals surface area contributed by atoms with Gasteiger partial charge < -0.3 is 9.80 Å². The first-order valence-corrected chi connectivity index (χ1v) is 9.07. The molecule has 0 radical (unpaired) electrons. The van der Waals surface area contributed by atoms with Crippen LogP contribution in [0.4, 0.5) is 0 Å². The van der Waals surface area contributed by atoms with Gasteiger partial charge in [-0.15, -0.1) is 0 Å². The van der Waals surface area contributed by atoms with Crippen LogP contribution in [0.2, 0.25) is 0 Å². The van der Waals surface area contributed by atoms with Crippen LogP contribution in [0.25, 0.3) is 0 Å². The van der Waals surface area contributed by atoms with E-state index >= 15 is 0 Å². The van der Waals surface area contributed by atoms with Crippen molar-refractivity contribution in [1.82, 2.24) is 9.80 Å². The fourth-order valence-electron chi connectivity index (χ4n) is 3.11. The number of hydrogen-bond donors (Lipinski definition) is 0. The summed E-state index contributed by atoms with van der Waals surface area (Å²) in [5, 5.41) is 8.77. The third-order valence-electron chi connectivity index (χ3n) is 4.74. The first-order valence-electron chi connectivity index (χ1n) is 9.07. The maximum atomic E-state index is 8.77. The lowest BCUT2D eigenvalue weighted by atomic mass is 10.0. The summed E-state index contributed by atoms with van der Waals surface area (Å²) >= 11 is 0. The normalized spacial score (nSPS) is 24.3. The van der Waals surface area contributed by atoms with Crippen LogP contribution in [-0.2, 0) is 0 Å². The molecule has 0 bridgehead atoms. The van der Waals surface area contributed by atoms with Crippen LogP contribution in [0, 0.1) is 17.2 Å². The molecule has 0 saturated carbocycles. The molecular formula is C19H35N3. The molecule has 126 valence electrons. The van der Waals surface area contributed by atoms with Crippen molar-refractivity contribution in [2.75, 3.05) is 26.2 Å². The summed E-state index contributed by atoms with van der Waals surface area (Å²) in [6, 6.07) is 3.74. The monoisotopic (exact) mass is 305 g/mol. The molecule has 0 aliphatic carbocycles. The van der Waals surface area contributed by atoms with Gasteiger partial charge in [0.05, 0.1) is 6.07 Å². The molecule has 2 aliphatic heterocycles. The van der Waals surface area contributed by atoms with Crippen molar-refractivity contribution in [2.24, 2.45) is 5.92 Å². The van der Waals surface area contributed by atoms with Crippen molar-refractivity contribution in [1.29, 1.82) is 5.26 Å². The Morgan fingerprint density at radius 2 is 1.41 bits per heavy atom. The second kappa shape index (κ2) is 10.8. The fourth-order valence-corrected chi connectivity index (χ4v) is 3.11. The summed E-state index contributed by atoms with van der Waals surface area (Å²) in [5.74, 6) is 0.314. The van der Waals surface area contributed by atoms with Gasteiger partial charge in [-0.1, -0.05) is 12.2 Å². The summed E-state index contributed by atoms with van der Waals surface area (Å²) in [4.78, 5) is 5.00. The van der Waals surface area contributed by atoms with E-state index in [-0.39, 0.29) is 0 Å². The Morgan fingerprint density at radius 3 is 1.91 bits per heavy atom. The standard InChI is InChI=1S/C10H18N2.C9H17N/c1-9(2)12-6-3-4-10(8-11)5-7-12;1-9(2)10-7-5-3-4-6-8-10/h9-10H,3-7H2,1-2H3;3-4,9H,5-8H2,1-2H3. The second-order valence-electron chi connectivity index (χ2n) is 7.07. The molecule has 0 aromatic rings. The highest BCUT2D eigenvalue weighted by atomic mass is 15.1. The molecule has 2 rings (SSSR count). The van der Waals surface area contributed by atoms with Crippen molar-refractivity contribution in [3.8, 4) is 6.07 Å². The predicted octanol–water partition coefficient (Wildman–Crippen LogP) is 4.07. The van der Waals surface area contributed by atoms with E-state index in [1.54, 1.807) is 0 Å². The average Bonchev–Trinajstić information content (AvgIpc) is 2.90. The van der Waals surface area contributed by atoms with Gasteiger partial charge in [0.1, 0.15) is 0 Å². The number of rotatable bonds is 2. The minimum absolute atomic E-state index is 0.314. The number of hydrogen-bond acceptors (Lipinski definition) is 3. The average molecular weight is 306 g/mol. The summed E-state index contributed by atoms with van der Waals surface area (Å²) in [6.45, 7) is 13.8. The van der Waals surface area contributed by atoms with Gasteiger partial charge in [0.25, 0.3) is 0 Å². The molecule has 1 saturated heterocycles. The molecule has 0 aromatic heterocycles. The smallest absolute Gasteiger partial charge is 0.0656 e. The number of nitrogens with zero attached hydrogens (tertiary/aromatic N) is 3. The van der Waals surface area contributed by atoms with Gasteiger partial charge >= 0.3 is 0 Å². The topological polar surface area (TPSA) is 30.3 Å². The van der Waals surface area contributed by atoms with Crippen LogP contribution in [-0.4, -0.2) is 48.1 Å². The third kappa shape index (κ3) is 7.42. The Hall–Kier alpha value is -0.850. The maximum absolute atomic E-state index is 8.77. The SMILES string of the molecule is CC(C)N1CCC=CCC1.CC(C)N1CCCC(C#N)CC1. The molecule has 1 atom stereocenters. The van der Waals surface area contributed by atoms with Crippen LogP contribution in [0.1, 0.15) is 59.8 Å². The predicted molar refractivity (Wildman–Crippen MR) is 94.7 cm³/mol. The van der Waals surface area contributed by atoms with E-state index in [9.17, 15) is 0 Å². The van der Waals surface area contributed by atoms with Crippen LogP contribution in [0.15, 0.2) is 12.2 Å². The molecule has 1 fully saturated rings. The lowest BCUT2D eigenvalue weighted by molar-refractivity contribution is 0.229.